The van der Waals surface area contributed by atoms with E-state index in [1.54, 1.807) is 12.4 Å². The van der Waals surface area contributed by atoms with Crippen LogP contribution < -0.4 is 5.32 Å². The summed E-state index contributed by atoms with van der Waals surface area (Å²) in [5.41, 5.74) is 1.83. The molecule has 0 fully saturated rings. The summed E-state index contributed by atoms with van der Waals surface area (Å²) in [4.78, 5) is 20.6. The average Bonchev–Trinajstić information content (AvgIpc) is 2.89. The molecule has 0 saturated heterocycles. The number of pyridine rings is 2. The maximum Gasteiger partial charge on any atom is 0.258 e. The number of anilines is 1. The molecule has 3 aromatic rings. The first-order valence-corrected chi connectivity index (χ1v) is 7.62. The molecule has 1 atom stereocenters. The van der Waals surface area contributed by atoms with E-state index in [9.17, 15) is 4.79 Å². The monoisotopic (exact) mass is 314 g/mol. The molecule has 6 nitrogen and oxygen atoms in total. The number of thioether (sulfide) groups is 1. The molecule has 0 aliphatic carbocycles. The first-order valence-electron chi connectivity index (χ1n) is 6.74. The van der Waals surface area contributed by atoms with Crippen molar-refractivity contribution in [1.82, 2.24) is 15.1 Å². The highest BCUT2D eigenvalue weighted by molar-refractivity contribution is 8.00. The van der Waals surface area contributed by atoms with Crippen LogP contribution >= 0.6 is 11.8 Å². The van der Waals surface area contributed by atoms with E-state index in [4.69, 9.17) is 4.52 Å². The van der Waals surface area contributed by atoms with E-state index in [1.165, 1.54) is 11.8 Å². The molecule has 0 spiro atoms. The van der Waals surface area contributed by atoms with Crippen molar-refractivity contribution in [1.29, 1.82) is 0 Å². The molecule has 7 heteroatoms. The molecular weight excluding hydrogens is 300 g/mol. The maximum atomic E-state index is 12.2. The fourth-order valence-electron chi connectivity index (χ4n) is 1.91. The number of carbonyl (C=O) groups is 1. The summed E-state index contributed by atoms with van der Waals surface area (Å²) in [5.74, 6) is -0.106. The van der Waals surface area contributed by atoms with Gasteiger partial charge in [-0.2, -0.15) is 0 Å². The highest BCUT2D eigenvalue weighted by Gasteiger charge is 2.16. The van der Waals surface area contributed by atoms with Crippen LogP contribution in [0.1, 0.15) is 12.6 Å². The molecule has 1 N–H and O–H groups in total. The van der Waals surface area contributed by atoms with E-state index in [-0.39, 0.29) is 11.2 Å². The normalized spacial score (nSPS) is 12.3. The van der Waals surface area contributed by atoms with Crippen LogP contribution in [0.25, 0.3) is 11.1 Å². The number of fused-ring (bicyclic) bond motifs is 1. The summed E-state index contributed by atoms with van der Waals surface area (Å²) < 4.78 is 5.05. The zero-order chi connectivity index (χ0) is 15.5. The molecule has 0 bridgehead atoms. The van der Waals surface area contributed by atoms with Gasteiger partial charge in [0.25, 0.3) is 5.71 Å². The van der Waals surface area contributed by atoms with Crippen molar-refractivity contribution in [2.24, 2.45) is 0 Å². The van der Waals surface area contributed by atoms with E-state index in [1.807, 2.05) is 38.1 Å². The van der Waals surface area contributed by atoms with Crippen molar-refractivity contribution in [2.75, 3.05) is 5.32 Å². The number of rotatable bonds is 4. The third-order valence-corrected chi connectivity index (χ3v) is 4.13. The summed E-state index contributed by atoms with van der Waals surface area (Å²) in [5, 5.41) is 8.03. The Hall–Kier alpha value is -2.41. The van der Waals surface area contributed by atoms with E-state index in [2.05, 4.69) is 20.4 Å². The number of nitrogens with zero attached hydrogens (tertiary/aromatic N) is 3. The Bertz CT molecular complexity index is 804. The Labute approximate surface area is 131 Å². The number of hydrogen-bond acceptors (Lipinski definition) is 6. The van der Waals surface area contributed by atoms with Crippen LogP contribution in [0.2, 0.25) is 0 Å². The Morgan fingerprint density at radius 2 is 2.23 bits per heavy atom. The van der Waals surface area contributed by atoms with Gasteiger partial charge in [-0.15, -0.1) is 0 Å². The quantitative estimate of drug-likeness (QED) is 0.745. The molecule has 0 saturated carbocycles. The third-order valence-electron chi connectivity index (χ3n) is 3.08. The highest BCUT2D eigenvalue weighted by atomic mass is 32.2. The average molecular weight is 314 g/mol. The second-order valence-electron chi connectivity index (χ2n) is 4.76. The largest absolute Gasteiger partial charge is 0.336 e. The van der Waals surface area contributed by atoms with Gasteiger partial charge in [-0.3, -0.25) is 4.79 Å². The van der Waals surface area contributed by atoms with Crippen LogP contribution in [0, 0.1) is 6.92 Å². The van der Waals surface area contributed by atoms with E-state index >= 15 is 0 Å². The Kier molecular flexibility index (Phi) is 4.06. The van der Waals surface area contributed by atoms with E-state index < -0.39 is 0 Å². The molecule has 3 rings (SSSR count). The van der Waals surface area contributed by atoms with Crippen LogP contribution in [-0.2, 0) is 4.79 Å². The lowest BCUT2D eigenvalue weighted by Gasteiger charge is -2.11. The second kappa shape index (κ2) is 6.15. The summed E-state index contributed by atoms with van der Waals surface area (Å²) in [6.45, 7) is 3.67. The van der Waals surface area contributed by atoms with Gasteiger partial charge in [-0.05, 0) is 32.0 Å². The number of hydrogen-bond donors (Lipinski definition) is 1. The fourth-order valence-corrected chi connectivity index (χ4v) is 2.72. The predicted molar refractivity (Wildman–Crippen MR) is 84.7 cm³/mol. The van der Waals surface area contributed by atoms with E-state index in [0.29, 0.717) is 11.4 Å². The molecule has 1 unspecified atom stereocenters. The van der Waals surface area contributed by atoms with Gasteiger partial charge >= 0.3 is 0 Å². The molecule has 0 radical (unpaired) electrons. The van der Waals surface area contributed by atoms with E-state index in [0.717, 1.165) is 16.1 Å². The lowest BCUT2D eigenvalue weighted by Crippen LogP contribution is -2.22. The van der Waals surface area contributed by atoms with Gasteiger partial charge in [0.1, 0.15) is 0 Å². The van der Waals surface area contributed by atoms with Gasteiger partial charge in [0.05, 0.1) is 33.2 Å². The third kappa shape index (κ3) is 3.09. The van der Waals surface area contributed by atoms with Crippen molar-refractivity contribution in [3.63, 3.8) is 0 Å². The molecule has 0 aliphatic rings. The Morgan fingerprint density at radius 3 is 3.00 bits per heavy atom. The first-order chi connectivity index (χ1) is 10.6. The van der Waals surface area contributed by atoms with Gasteiger partial charge in [-0.25, -0.2) is 9.97 Å². The van der Waals surface area contributed by atoms with Gasteiger partial charge < -0.3 is 9.84 Å². The molecular formula is C15H14N4O2S. The minimum atomic E-state index is -0.269. The lowest BCUT2D eigenvalue weighted by molar-refractivity contribution is -0.115. The summed E-state index contributed by atoms with van der Waals surface area (Å²) >= 11 is 1.40. The molecule has 3 aromatic heterocycles. The van der Waals surface area contributed by atoms with Crippen molar-refractivity contribution >= 4 is 34.5 Å². The summed E-state index contributed by atoms with van der Waals surface area (Å²) in [7, 11) is 0. The minimum absolute atomic E-state index is 0.106. The second-order valence-corrected chi connectivity index (χ2v) is 6.12. The van der Waals surface area contributed by atoms with Crippen LogP contribution in [0.3, 0.4) is 0 Å². The molecule has 3 heterocycles. The van der Waals surface area contributed by atoms with Crippen molar-refractivity contribution in [2.45, 2.75) is 24.1 Å². The van der Waals surface area contributed by atoms with Gasteiger partial charge in [0.2, 0.25) is 5.91 Å². The topological polar surface area (TPSA) is 80.9 Å². The highest BCUT2D eigenvalue weighted by Crippen LogP contribution is 2.23. The Morgan fingerprint density at radius 1 is 1.36 bits per heavy atom. The minimum Gasteiger partial charge on any atom is -0.336 e. The standard InChI is InChI=1S/C15H14N4O2S/c1-9-12-7-11(8-17-15(12)21-19-9)18-14(20)10(2)22-13-5-3-4-6-16-13/h3-8,10H,1-2H3,(H,18,20). The van der Waals surface area contributed by atoms with Crippen LogP contribution in [0.4, 0.5) is 5.69 Å². The number of carbonyl (C=O) groups excluding carboxylic acids is 1. The van der Waals surface area contributed by atoms with Crippen LogP contribution in [-0.4, -0.2) is 26.3 Å². The van der Waals surface area contributed by atoms with Crippen molar-refractivity contribution < 1.29 is 9.32 Å². The van der Waals surface area contributed by atoms with Gasteiger partial charge in [0, 0.05) is 6.20 Å². The van der Waals surface area contributed by atoms with Crippen LogP contribution in [0.5, 0.6) is 0 Å². The predicted octanol–water partition coefficient (Wildman–Crippen LogP) is 3.05. The molecule has 0 aliphatic heterocycles. The molecule has 1 amide bonds. The Balaban J connectivity index is 1.70. The number of aromatic nitrogens is 3. The molecule has 0 aromatic carbocycles. The smallest absolute Gasteiger partial charge is 0.258 e. The molecule has 22 heavy (non-hydrogen) atoms. The van der Waals surface area contributed by atoms with Crippen molar-refractivity contribution in [3.8, 4) is 0 Å². The molecule has 112 valence electrons. The van der Waals surface area contributed by atoms with Gasteiger partial charge in [-0.1, -0.05) is 23.0 Å². The summed E-state index contributed by atoms with van der Waals surface area (Å²) in [6, 6.07) is 7.43. The fraction of sp³-hybridized carbons (Fsp3) is 0.200. The number of aryl methyl sites for hydroxylation is 1. The zero-order valence-corrected chi connectivity index (χ0v) is 12.9. The van der Waals surface area contributed by atoms with Crippen LogP contribution in [0.15, 0.2) is 46.2 Å². The SMILES string of the molecule is Cc1noc2ncc(NC(=O)C(C)Sc3ccccn3)cc12. The van der Waals surface area contributed by atoms with Crippen molar-refractivity contribution in [3.05, 3.63) is 42.4 Å². The number of amides is 1. The lowest BCUT2D eigenvalue weighted by atomic mass is 10.2. The first kappa shape index (κ1) is 14.5. The summed E-state index contributed by atoms with van der Waals surface area (Å²) in [6.07, 6.45) is 3.27. The van der Waals surface area contributed by atoms with Gasteiger partial charge in [0.15, 0.2) is 0 Å². The maximum absolute atomic E-state index is 12.2. The zero-order valence-electron chi connectivity index (χ0n) is 12.1. The number of nitrogens with one attached hydrogen (secondary N) is 1.